The number of urea groups is 1. The smallest absolute Gasteiger partial charge is 0.335 e. The van der Waals surface area contributed by atoms with Gasteiger partial charge in [-0.05, 0) is 55.0 Å². The van der Waals surface area contributed by atoms with Gasteiger partial charge >= 0.3 is 6.03 Å². The summed E-state index contributed by atoms with van der Waals surface area (Å²) in [7, 11) is 0. The van der Waals surface area contributed by atoms with Crippen molar-refractivity contribution in [3.05, 3.63) is 59.7 Å². The van der Waals surface area contributed by atoms with Gasteiger partial charge in [-0.2, -0.15) is 0 Å². The Hall–Kier alpha value is -3.61. The third kappa shape index (κ3) is 3.41. The molecule has 1 heterocycles. The second kappa shape index (κ2) is 7.10. The average molecular weight is 352 g/mol. The van der Waals surface area contributed by atoms with E-state index in [1.807, 2.05) is 6.92 Å². The zero-order valence-electron chi connectivity index (χ0n) is 13.9. The van der Waals surface area contributed by atoms with Crippen LogP contribution in [0.4, 0.5) is 10.5 Å². The molecular weight excluding hydrogens is 336 g/mol. The third-order valence-corrected chi connectivity index (χ3v) is 3.69. The molecule has 4 amide bonds. The molecule has 7 heteroatoms. The quantitative estimate of drug-likeness (QED) is 0.651. The summed E-state index contributed by atoms with van der Waals surface area (Å²) in [6.07, 6.45) is 1.32. The van der Waals surface area contributed by atoms with E-state index in [-0.39, 0.29) is 11.3 Å². The minimum absolute atomic E-state index is 0.00228. The highest BCUT2D eigenvalue weighted by Crippen LogP contribution is 2.24. The van der Waals surface area contributed by atoms with E-state index in [2.05, 4.69) is 5.32 Å². The molecule has 1 aliphatic rings. The number of nitrogens with zero attached hydrogens (tertiary/aromatic N) is 1. The van der Waals surface area contributed by atoms with Crippen LogP contribution in [0.3, 0.4) is 0 Å². The Labute approximate surface area is 149 Å². The van der Waals surface area contributed by atoms with Crippen LogP contribution in [0.2, 0.25) is 0 Å². The van der Waals surface area contributed by atoms with Gasteiger partial charge in [0, 0.05) is 0 Å². The fourth-order valence-electron chi connectivity index (χ4n) is 2.53. The number of rotatable bonds is 4. The number of benzene rings is 2. The number of amides is 4. The maximum atomic E-state index is 12.7. The Morgan fingerprint density at radius 1 is 1.12 bits per heavy atom. The van der Waals surface area contributed by atoms with Crippen molar-refractivity contribution in [3.8, 4) is 11.5 Å². The maximum absolute atomic E-state index is 12.7. The zero-order chi connectivity index (χ0) is 18.7. The summed E-state index contributed by atoms with van der Waals surface area (Å²) >= 11 is 0. The number of nitrogens with one attached hydrogen (secondary N) is 1. The SMILES string of the molecule is CCOc1ccc(N2C(=O)NC(=O)/C(=C\c3cccc(O)c3)C2=O)cc1. The molecule has 0 saturated carbocycles. The van der Waals surface area contributed by atoms with E-state index in [0.717, 1.165) is 4.90 Å². The van der Waals surface area contributed by atoms with Gasteiger partial charge in [0.2, 0.25) is 0 Å². The van der Waals surface area contributed by atoms with E-state index < -0.39 is 17.8 Å². The fraction of sp³-hybridized carbons (Fsp3) is 0.105. The van der Waals surface area contributed by atoms with Crippen molar-refractivity contribution >= 4 is 29.6 Å². The van der Waals surface area contributed by atoms with E-state index in [4.69, 9.17) is 4.74 Å². The van der Waals surface area contributed by atoms with Gasteiger partial charge in [0.15, 0.2) is 0 Å². The normalized spacial score (nSPS) is 16.0. The molecule has 0 unspecified atom stereocenters. The highest BCUT2D eigenvalue weighted by atomic mass is 16.5. The van der Waals surface area contributed by atoms with Gasteiger partial charge in [-0.25, -0.2) is 9.69 Å². The number of phenolic OH excluding ortho intramolecular Hbond substituents is 1. The molecule has 2 aromatic rings. The fourth-order valence-corrected chi connectivity index (χ4v) is 2.53. The first-order valence-corrected chi connectivity index (χ1v) is 7.93. The molecule has 3 rings (SSSR count). The number of aromatic hydroxyl groups is 1. The van der Waals surface area contributed by atoms with Gasteiger partial charge in [-0.3, -0.25) is 14.9 Å². The molecule has 1 saturated heterocycles. The lowest BCUT2D eigenvalue weighted by Gasteiger charge is -2.26. The Balaban J connectivity index is 1.95. The van der Waals surface area contributed by atoms with Crippen molar-refractivity contribution in [3.63, 3.8) is 0 Å². The Morgan fingerprint density at radius 3 is 2.50 bits per heavy atom. The van der Waals surface area contributed by atoms with Gasteiger partial charge in [-0.1, -0.05) is 12.1 Å². The van der Waals surface area contributed by atoms with Crippen LogP contribution < -0.4 is 15.0 Å². The lowest BCUT2D eigenvalue weighted by molar-refractivity contribution is -0.122. The van der Waals surface area contributed by atoms with Gasteiger partial charge in [-0.15, -0.1) is 0 Å². The molecule has 2 N–H and O–H groups in total. The molecule has 0 radical (unpaired) electrons. The standard InChI is InChI=1S/C19H16N2O5/c1-2-26-15-8-6-13(7-9-15)21-18(24)16(17(23)20-19(21)25)11-12-4-3-5-14(22)10-12/h3-11,22H,2H2,1H3,(H,20,23,25)/b16-11+. The number of barbiturate groups is 1. The van der Waals surface area contributed by atoms with Crippen LogP contribution >= 0.6 is 0 Å². The second-order valence-corrected chi connectivity index (χ2v) is 5.48. The number of hydrogen-bond donors (Lipinski definition) is 2. The number of ether oxygens (including phenoxy) is 1. The zero-order valence-corrected chi connectivity index (χ0v) is 13.9. The van der Waals surface area contributed by atoms with Gasteiger partial charge in [0.05, 0.1) is 12.3 Å². The summed E-state index contributed by atoms with van der Waals surface area (Å²) in [5.74, 6) is -0.924. The van der Waals surface area contributed by atoms with Crippen molar-refractivity contribution in [1.29, 1.82) is 0 Å². The van der Waals surface area contributed by atoms with Crippen molar-refractivity contribution in [2.75, 3.05) is 11.5 Å². The van der Waals surface area contributed by atoms with E-state index >= 15 is 0 Å². The molecule has 26 heavy (non-hydrogen) atoms. The molecule has 0 atom stereocenters. The number of anilines is 1. The Bertz CT molecular complexity index is 902. The molecule has 1 aliphatic heterocycles. The van der Waals surface area contributed by atoms with E-state index in [9.17, 15) is 19.5 Å². The van der Waals surface area contributed by atoms with Crippen LogP contribution in [0.25, 0.3) is 6.08 Å². The minimum Gasteiger partial charge on any atom is -0.508 e. The summed E-state index contributed by atoms with van der Waals surface area (Å²) in [5, 5.41) is 11.7. The predicted molar refractivity (Wildman–Crippen MR) is 94.7 cm³/mol. The number of carbonyl (C=O) groups is 3. The molecule has 2 aromatic carbocycles. The topological polar surface area (TPSA) is 95.9 Å². The number of carbonyl (C=O) groups excluding carboxylic acids is 3. The summed E-state index contributed by atoms with van der Waals surface area (Å²) in [5.41, 5.74) is 0.568. The van der Waals surface area contributed by atoms with Crippen LogP contribution in [0, 0.1) is 0 Å². The first kappa shape index (κ1) is 17.2. The molecule has 7 nitrogen and oxygen atoms in total. The Kier molecular flexibility index (Phi) is 4.70. The van der Waals surface area contributed by atoms with Crippen molar-refractivity contribution in [2.24, 2.45) is 0 Å². The van der Waals surface area contributed by atoms with Crippen LogP contribution in [-0.2, 0) is 9.59 Å². The molecule has 1 fully saturated rings. The molecule has 0 bridgehead atoms. The van der Waals surface area contributed by atoms with Crippen molar-refractivity contribution in [1.82, 2.24) is 5.32 Å². The van der Waals surface area contributed by atoms with Crippen LogP contribution in [0.1, 0.15) is 12.5 Å². The first-order valence-electron chi connectivity index (χ1n) is 7.93. The van der Waals surface area contributed by atoms with E-state index in [1.54, 1.807) is 36.4 Å². The van der Waals surface area contributed by atoms with Crippen molar-refractivity contribution < 1.29 is 24.2 Å². The highest BCUT2D eigenvalue weighted by Gasteiger charge is 2.36. The van der Waals surface area contributed by atoms with E-state index in [0.29, 0.717) is 23.6 Å². The number of imide groups is 2. The summed E-state index contributed by atoms with van der Waals surface area (Å²) < 4.78 is 5.34. The second-order valence-electron chi connectivity index (χ2n) is 5.48. The lowest BCUT2D eigenvalue weighted by atomic mass is 10.1. The van der Waals surface area contributed by atoms with Gasteiger partial charge in [0.1, 0.15) is 17.1 Å². The average Bonchev–Trinajstić information content (AvgIpc) is 2.60. The van der Waals surface area contributed by atoms with Crippen molar-refractivity contribution in [2.45, 2.75) is 6.92 Å². The monoisotopic (exact) mass is 352 g/mol. The largest absolute Gasteiger partial charge is 0.508 e. The molecule has 0 aliphatic carbocycles. The lowest BCUT2D eigenvalue weighted by Crippen LogP contribution is -2.54. The molecule has 132 valence electrons. The Morgan fingerprint density at radius 2 is 1.85 bits per heavy atom. The van der Waals surface area contributed by atoms with Crippen LogP contribution in [-0.4, -0.2) is 29.6 Å². The van der Waals surface area contributed by atoms with Crippen LogP contribution in [0.15, 0.2) is 54.1 Å². The van der Waals surface area contributed by atoms with Gasteiger partial charge < -0.3 is 9.84 Å². The predicted octanol–water partition coefficient (Wildman–Crippen LogP) is 2.46. The first-order chi connectivity index (χ1) is 12.5. The summed E-state index contributed by atoms with van der Waals surface area (Å²) in [6, 6.07) is 11.7. The maximum Gasteiger partial charge on any atom is 0.335 e. The van der Waals surface area contributed by atoms with Gasteiger partial charge in [0.25, 0.3) is 11.8 Å². The molecule has 0 aromatic heterocycles. The summed E-state index contributed by atoms with van der Waals surface area (Å²) in [4.78, 5) is 37.9. The number of hydrogen-bond acceptors (Lipinski definition) is 5. The highest BCUT2D eigenvalue weighted by molar-refractivity contribution is 6.39. The van der Waals surface area contributed by atoms with E-state index in [1.165, 1.54) is 18.2 Å². The summed E-state index contributed by atoms with van der Waals surface area (Å²) in [6.45, 7) is 2.34. The minimum atomic E-state index is -0.822. The molecule has 0 spiro atoms. The molecular formula is C19H16N2O5. The third-order valence-electron chi connectivity index (χ3n) is 3.69. The van der Waals surface area contributed by atoms with Crippen LogP contribution in [0.5, 0.6) is 11.5 Å². The number of phenols is 1.